The zero-order chi connectivity index (χ0) is 20.9. The molecule has 1 aliphatic rings. The van der Waals surface area contributed by atoms with Crippen LogP contribution in [0.5, 0.6) is 5.75 Å². The van der Waals surface area contributed by atoms with E-state index in [0.29, 0.717) is 24.7 Å². The summed E-state index contributed by atoms with van der Waals surface area (Å²) in [5.41, 5.74) is 0.824. The SMILES string of the molecule is CCOc1ccccc1C=CC(=O)N1CCN(S(=O)(=O)c2cccc(Cl)c2)CC1. The molecule has 0 aromatic heterocycles. The number of para-hydroxylation sites is 1. The standard InChI is InChI=1S/C21H23ClN2O4S/c1-2-28-20-9-4-3-6-17(20)10-11-21(25)23-12-14-24(15-13-23)29(26,27)19-8-5-7-18(22)16-19/h3-11,16H,2,12-15H2,1H3. The van der Waals surface area contributed by atoms with Gasteiger partial charge in [0.25, 0.3) is 0 Å². The Morgan fingerprint density at radius 2 is 1.83 bits per heavy atom. The minimum Gasteiger partial charge on any atom is -0.493 e. The summed E-state index contributed by atoms with van der Waals surface area (Å²) in [6, 6.07) is 13.7. The van der Waals surface area contributed by atoms with Gasteiger partial charge in [0.15, 0.2) is 0 Å². The number of piperazine rings is 1. The normalized spacial score (nSPS) is 15.6. The molecule has 1 amide bonds. The van der Waals surface area contributed by atoms with Gasteiger partial charge in [0, 0.05) is 42.8 Å². The van der Waals surface area contributed by atoms with Crippen molar-refractivity contribution in [3.8, 4) is 5.75 Å². The van der Waals surface area contributed by atoms with Crippen LogP contribution < -0.4 is 4.74 Å². The maximum absolute atomic E-state index is 12.8. The van der Waals surface area contributed by atoms with Gasteiger partial charge >= 0.3 is 0 Å². The Kier molecular flexibility index (Phi) is 6.95. The van der Waals surface area contributed by atoms with Gasteiger partial charge in [0.1, 0.15) is 5.75 Å². The Labute approximate surface area is 176 Å². The molecule has 8 heteroatoms. The number of ether oxygens (including phenoxy) is 1. The zero-order valence-electron chi connectivity index (χ0n) is 16.1. The van der Waals surface area contributed by atoms with E-state index in [2.05, 4.69) is 0 Å². The molecule has 29 heavy (non-hydrogen) atoms. The lowest BCUT2D eigenvalue weighted by molar-refractivity contribution is -0.127. The maximum Gasteiger partial charge on any atom is 0.246 e. The summed E-state index contributed by atoms with van der Waals surface area (Å²) in [6.07, 6.45) is 3.22. The lowest BCUT2D eigenvalue weighted by Gasteiger charge is -2.33. The van der Waals surface area contributed by atoms with Crippen LogP contribution in [0.15, 0.2) is 59.5 Å². The molecule has 3 rings (SSSR count). The van der Waals surface area contributed by atoms with Crippen molar-refractivity contribution in [1.82, 2.24) is 9.21 Å². The Morgan fingerprint density at radius 3 is 2.52 bits per heavy atom. The number of sulfonamides is 1. The predicted molar refractivity (Wildman–Crippen MR) is 113 cm³/mol. The highest BCUT2D eigenvalue weighted by Gasteiger charge is 2.29. The fourth-order valence-electron chi connectivity index (χ4n) is 3.10. The van der Waals surface area contributed by atoms with Crippen LogP contribution in [0, 0.1) is 0 Å². The van der Waals surface area contributed by atoms with Gasteiger partial charge in [-0.3, -0.25) is 4.79 Å². The smallest absolute Gasteiger partial charge is 0.246 e. The first kappa shape index (κ1) is 21.4. The predicted octanol–water partition coefficient (Wildman–Crippen LogP) is 3.29. The lowest BCUT2D eigenvalue weighted by Crippen LogP contribution is -2.50. The first-order chi connectivity index (χ1) is 13.9. The van der Waals surface area contributed by atoms with Gasteiger partial charge in [0.05, 0.1) is 11.5 Å². The number of carbonyl (C=O) groups is 1. The third-order valence-electron chi connectivity index (χ3n) is 4.61. The minimum atomic E-state index is -3.62. The van der Waals surface area contributed by atoms with Crippen LogP contribution in [0.2, 0.25) is 5.02 Å². The van der Waals surface area contributed by atoms with Crippen LogP contribution in [0.25, 0.3) is 6.08 Å². The highest BCUT2D eigenvalue weighted by atomic mass is 35.5. The molecule has 0 saturated carbocycles. The minimum absolute atomic E-state index is 0.156. The molecular weight excluding hydrogens is 412 g/mol. The second-order valence-electron chi connectivity index (χ2n) is 6.49. The summed E-state index contributed by atoms with van der Waals surface area (Å²) < 4.78 is 32.5. The van der Waals surface area contributed by atoms with E-state index in [0.717, 1.165) is 11.3 Å². The number of hydrogen-bond acceptors (Lipinski definition) is 4. The molecule has 0 N–H and O–H groups in total. The Bertz CT molecular complexity index is 999. The van der Waals surface area contributed by atoms with Crippen LogP contribution in [0.4, 0.5) is 0 Å². The number of rotatable bonds is 6. The van der Waals surface area contributed by atoms with E-state index in [-0.39, 0.29) is 23.9 Å². The quantitative estimate of drug-likeness (QED) is 0.654. The van der Waals surface area contributed by atoms with Gasteiger partial charge in [0.2, 0.25) is 15.9 Å². The van der Waals surface area contributed by atoms with Crippen molar-refractivity contribution >= 4 is 33.6 Å². The second-order valence-corrected chi connectivity index (χ2v) is 8.87. The highest BCUT2D eigenvalue weighted by Crippen LogP contribution is 2.22. The summed E-state index contributed by atoms with van der Waals surface area (Å²) in [6.45, 7) is 3.59. The lowest BCUT2D eigenvalue weighted by atomic mass is 10.2. The molecule has 1 saturated heterocycles. The molecule has 0 aliphatic carbocycles. The van der Waals surface area contributed by atoms with E-state index in [4.69, 9.17) is 16.3 Å². The molecule has 0 unspecified atom stereocenters. The zero-order valence-corrected chi connectivity index (χ0v) is 17.7. The number of halogens is 1. The highest BCUT2D eigenvalue weighted by molar-refractivity contribution is 7.89. The average molecular weight is 435 g/mol. The molecule has 1 aliphatic heterocycles. The first-order valence-corrected chi connectivity index (χ1v) is 11.2. The fraction of sp³-hybridized carbons (Fsp3) is 0.286. The molecule has 0 radical (unpaired) electrons. The molecule has 154 valence electrons. The van der Waals surface area contributed by atoms with Gasteiger partial charge in [-0.1, -0.05) is 35.9 Å². The van der Waals surface area contributed by atoms with E-state index < -0.39 is 10.0 Å². The van der Waals surface area contributed by atoms with Crippen molar-refractivity contribution in [3.63, 3.8) is 0 Å². The Balaban J connectivity index is 1.63. The van der Waals surface area contributed by atoms with Crippen LogP contribution in [-0.4, -0.2) is 56.3 Å². The van der Waals surface area contributed by atoms with Gasteiger partial charge in [-0.15, -0.1) is 0 Å². The van der Waals surface area contributed by atoms with Gasteiger partial charge in [-0.25, -0.2) is 8.42 Å². The number of benzene rings is 2. The Morgan fingerprint density at radius 1 is 1.10 bits per heavy atom. The molecule has 0 spiro atoms. The van der Waals surface area contributed by atoms with Crippen molar-refractivity contribution < 1.29 is 17.9 Å². The van der Waals surface area contributed by atoms with Crippen molar-refractivity contribution in [2.24, 2.45) is 0 Å². The van der Waals surface area contributed by atoms with E-state index in [1.165, 1.54) is 22.5 Å². The van der Waals surface area contributed by atoms with Crippen LogP contribution >= 0.6 is 11.6 Å². The van der Waals surface area contributed by atoms with Crippen LogP contribution in [0.3, 0.4) is 0 Å². The number of amides is 1. The summed E-state index contributed by atoms with van der Waals surface area (Å²) >= 11 is 5.92. The summed E-state index contributed by atoms with van der Waals surface area (Å²) in [5.74, 6) is 0.563. The summed E-state index contributed by atoms with van der Waals surface area (Å²) in [7, 11) is -3.62. The van der Waals surface area contributed by atoms with Crippen molar-refractivity contribution in [2.45, 2.75) is 11.8 Å². The fourth-order valence-corrected chi connectivity index (χ4v) is 4.82. The van der Waals surface area contributed by atoms with E-state index in [1.807, 2.05) is 31.2 Å². The van der Waals surface area contributed by atoms with Crippen molar-refractivity contribution in [1.29, 1.82) is 0 Å². The van der Waals surface area contributed by atoms with Gasteiger partial charge in [-0.2, -0.15) is 4.31 Å². The topological polar surface area (TPSA) is 66.9 Å². The summed E-state index contributed by atoms with van der Waals surface area (Å²) in [5, 5.41) is 0.373. The molecular formula is C21H23ClN2O4S. The summed E-state index contributed by atoms with van der Waals surface area (Å²) in [4.78, 5) is 14.3. The molecule has 0 atom stereocenters. The molecule has 1 fully saturated rings. The van der Waals surface area contributed by atoms with Crippen LogP contribution in [0.1, 0.15) is 12.5 Å². The molecule has 2 aromatic rings. The average Bonchev–Trinajstić information content (AvgIpc) is 2.73. The molecule has 2 aromatic carbocycles. The first-order valence-electron chi connectivity index (χ1n) is 9.36. The van der Waals surface area contributed by atoms with Gasteiger partial charge in [-0.05, 0) is 37.3 Å². The third kappa shape index (κ3) is 5.18. The van der Waals surface area contributed by atoms with Crippen LogP contribution in [-0.2, 0) is 14.8 Å². The largest absolute Gasteiger partial charge is 0.493 e. The van der Waals surface area contributed by atoms with Gasteiger partial charge < -0.3 is 9.64 Å². The number of hydrogen-bond donors (Lipinski definition) is 0. The van der Waals surface area contributed by atoms with E-state index >= 15 is 0 Å². The maximum atomic E-state index is 12.8. The third-order valence-corrected chi connectivity index (χ3v) is 6.74. The van der Waals surface area contributed by atoms with E-state index in [1.54, 1.807) is 23.1 Å². The molecule has 1 heterocycles. The number of carbonyl (C=O) groups excluding carboxylic acids is 1. The monoisotopic (exact) mass is 434 g/mol. The second kappa shape index (κ2) is 9.43. The molecule has 6 nitrogen and oxygen atoms in total. The Hall–Kier alpha value is -2.35. The molecule has 0 bridgehead atoms. The van der Waals surface area contributed by atoms with E-state index in [9.17, 15) is 13.2 Å². The number of nitrogens with zero attached hydrogens (tertiary/aromatic N) is 2. The van der Waals surface area contributed by atoms with Crippen molar-refractivity contribution in [2.75, 3.05) is 32.8 Å². The van der Waals surface area contributed by atoms with Crippen molar-refractivity contribution in [3.05, 3.63) is 65.2 Å².